The molecule has 134 valence electrons. The van der Waals surface area contributed by atoms with E-state index in [4.69, 9.17) is 14.7 Å². The lowest BCUT2D eigenvalue weighted by Gasteiger charge is -2.15. The minimum atomic E-state index is -0.732. The van der Waals surface area contributed by atoms with Crippen LogP contribution in [0.15, 0.2) is 24.3 Å². The highest BCUT2D eigenvalue weighted by molar-refractivity contribution is 5.98. The maximum absolute atomic E-state index is 12.1. The number of hydrogen-bond acceptors (Lipinski definition) is 6. The van der Waals surface area contributed by atoms with Crippen molar-refractivity contribution in [3.05, 3.63) is 29.8 Å². The SMILES string of the molecule is CCOc1ccccc1C(=O)NCC(=O)OCC(=O)N(C)CCC#N. The Bertz CT molecular complexity index is 654. The van der Waals surface area contributed by atoms with Crippen LogP contribution in [0.25, 0.3) is 0 Å². The van der Waals surface area contributed by atoms with Gasteiger partial charge in [-0.2, -0.15) is 5.26 Å². The number of nitriles is 1. The molecule has 0 atom stereocenters. The van der Waals surface area contributed by atoms with E-state index in [0.717, 1.165) is 0 Å². The maximum atomic E-state index is 12.1. The zero-order chi connectivity index (χ0) is 18.7. The minimum absolute atomic E-state index is 0.200. The molecule has 0 aliphatic heterocycles. The zero-order valence-electron chi connectivity index (χ0n) is 14.3. The summed E-state index contributed by atoms with van der Waals surface area (Å²) in [5.41, 5.74) is 0.310. The summed E-state index contributed by atoms with van der Waals surface area (Å²) in [5.74, 6) is -1.20. The molecule has 8 nitrogen and oxygen atoms in total. The van der Waals surface area contributed by atoms with E-state index < -0.39 is 24.4 Å². The van der Waals surface area contributed by atoms with Crippen LogP contribution < -0.4 is 10.1 Å². The number of esters is 1. The molecule has 0 radical (unpaired) electrons. The number of ether oxygens (including phenoxy) is 2. The Labute approximate surface area is 146 Å². The van der Waals surface area contributed by atoms with E-state index in [1.165, 1.54) is 11.9 Å². The number of benzene rings is 1. The number of para-hydroxylation sites is 1. The van der Waals surface area contributed by atoms with Crippen molar-refractivity contribution in [1.29, 1.82) is 5.26 Å². The van der Waals surface area contributed by atoms with Crippen molar-refractivity contribution in [2.24, 2.45) is 0 Å². The number of nitrogens with zero attached hydrogens (tertiary/aromatic N) is 2. The molecule has 1 aromatic rings. The molecule has 0 unspecified atom stereocenters. The number of hydrogen-bond donors (Lipinski definition) is 1. The second kappa shape index (κ2) is 10.6. The van der Waals surface area contributed by atoms with E-state index in [0.29, 0.717) is 17.9 Å². The molecule has 0 aliphatic carbocycles. The van der Waals surface area contributed by atoms with Crippen LogP contribution >= 0.6 is 0 Å². The lowest BCUT2D eigenvalue weighted by molar-refractivity contribution is -0.150. The highest BCUT2D eigenvalue weighted by Crippen LogP contribution is 2.17. The van der Waals surface area contributed by atoms with Gasteiger partial charge in [0.25, 0.3) is 11.8 Å². The average molecular weight is 347 g/mol. The molecule has 0 bridgehead atoms. The fourth-order valence-corrected chi connectivity index (χ4v) is 1.83. The van der Waals surface area contributed by atoms with Gasteiger partial charge in [0.2, 0.25) is 0 Å². The number of carbonyl (C=O) groups excluding carboxylic acids is 3. The molecule has 25 heavy (non-hydrogen) atoms. The summed E-state index contributed by atoms with van der Waals surface area (Å²) in [6.45, 7) is 1.67. The van der Waals surface area contributed by atoms with Crippen LogP contribution in [0.2, 0.25) is 0 Å². The normalized spacial score (nSPS) is 9.64. The number of amides is 2. The van der Waals surface area contributed by atoms with Gasteiger partial charge in [-0.15, -0.1) is 0 Å². The highest BCUT2D eigenvalue weighted by Gasteiger charge is 2.15. The fourth-order valence-electron chi connectivity index (χ4n) is 1.83. The first-order valence-electron chi connectivity index (χ1n) is 7.76. The Morgan fingerprint density at radius 3 is 2.68 bits per heavy atom. The summed E-state index contributed by atoms with van der Waals surface area (Å²) in [5, 5.41) is 10.9. The van der Waals surface area contributed by atoms with Gasteiger partial charge in [0.05, 0.1) is 24.7 Å². The zero-order valence-corrected chi connectivity index (χ0v) is 14.3. The van der Waals surface area contributed by atoms with E-state index in [1.807, 2.05) is 6.07 Å². The summed E-state index contributed by atoms with van der Waals surface area (Å²) in [4.78, 5) is 36.7. The molecular formula is C17H21N3O5. The van der Waals surface area contributed by atoms with Gasteiger partial charge in [-0.25, -0.2) is 0 Å². The van der Waals surface area contributed by atoms with Crippen LogP contribution in [-0.4, -0.2) is 56.0 Å². The van der Waals surface area contributed by atoms with Crippen LogP contribution in [0, 0.1) is 11.3 Å². The van der Waals surface area contributed by atoms with Crippen LogP contribution in [0.4, 0.5) is 0 Å². The van der Waals surface area contributed by atoms with Gasteiger partial charge in [0.1, 0.15) is 12.3 Å². The van der Waals surface area contributed by atoms with Crippen molar-refractivity contribution in [2.45, 2.75) is 13.3 Å². The van der Waals surface area contributed by atoms with Crippen LogP contribution in [0.3, 0.4) is 0 Å². The predicted octanol–water partition coefficient (Wildman–Crippen LogP) is 0.730. The van der Waals surface area contributed by atoms with Gasteiger partial charge in [-0.1, -0.05) is 12.1 Å². The summed E-state index contributed by atoms with van der Waals surface area (Å²) in [6.07, 6.45) is 0.200. The number of carbonyl (C=O) groups is 3. The van der Waals surface area contributed by atoms with Crippen LogP contribution in [-0.2, 0) is 14.3 Å². The van der Waals surface area contributed by atoms with Crippen molar-refractivity contribution < 1.29 is 23.9 Å². The standard InChI is InChI=1S/C17H21N3O5/c1-3-24-14-8-5-4-7-13(14)17(23)19-11-16(22)25-12-15(21)20(2)10-6-9-18/h4-5,7-8H,3,6,10-12H2,1-2H3,(H,19,23). The summed E-state index contributed by atoms with van der Waals surface area (Å²) >= 11 is 0. The van der Waals surface area contributed by atoms with Crippen molar-refractivity contribution in [2.75, 3.05) is 33.4 Å². The second-order valence-corrected chi connectivity index (χ2v) is 5.00. The summed E-state index contributed by atoms with van der Waals surface area (Å²) < 4.78 is 10.2. The molecule has 0 aromatic heterocycles. The van der Waals surface area contributed by atoms with Crippen molar-refractivity contribution >= 4 is 17.8 Å². The third-order valence-corrected chi connectivity index (χ3v) is 3.17. The maximum Gasteiger partial charge on any atom is 0.325 e. The molecule has 2 amide bonds. The van der Waals surface area contributed by atoms with Crippen molar-refractivity contribution in [1.82, 2.24) is 10.2 Å². The molecule has 0 saturated carbocycles. The lowest BCUT2D eigenvalue weighted by atomic mass is 10.2. The lowest BCUT2D eigenvalue weighted by Crippen LogP contribution is -2.35. The Balaban J connectivity index is 2.43. The molecule has 0 saturated heterocycles. The van der Waals surface area contributed by atoms with Crippen molar-refractivity contribution in [3.8, 4) is 11.8 Å². The van der Waals surface area contributed by atoms with Gasteiger partial charge in [0.15, 0.2) is 6.61 Å². The Kier molecular flexibility index (Phi) is 8.50. The molecule has 0 fully saturated rings. The van der Waals surface area contributed by atoms with E-state index in [2.05, 4.69) is 5.32 Å². The molecule has 8 heteroatoms. The molecule has 1 rings (SSSR count). The van der Waals surface area contributed by atoms with Gasteiger partial charge in [-0.3, -0.25) is 14.4 Å². The van der Waals surface area contributed by atoms with Gasteiger partial charge < -0.3 is 19.7 Å². The number of nitrogens with one attached hydrogen (secondary N) is 1. The van der Waals surface area contributed by atoms with E-state index in [-0.39, 0.29) is 19.5 Å². The topological polar surface area (TPSA) is 109 Å². The fraction of sp³-hybridized carbons (Fsp3) is 0.412. The first-order valence-corrected chi connectivity index (χ1v) is 7.76. The van der Waals surface area contributed by atoms with Crippen LogP contribution in [0.5, 0.6) is 5.75 Å². The predicted molar refractivity (Wildman–Crippen MR) is 88.8 cm³/mol. The summed E-state index contributed by atoms with van der Waals surface area (Å²) in [6, 6.07) is 8.59. The molecular weight excluding hydrogens is 326 g/mol. The van der Waals surface area contributed by atoms with Crippen LogP contribution in [0.1, 0.15) is 23.7 Å². The number of likely N-dealkylation sites (N-methyl/N-ethyl adjacent to an activating group) is 1. The monoisotopic (exact) mass is 347 g/mol. The van der Waals surface area contributed by atoms with E-state index in [1.54, 1.807) is 31.2 Å². The molecule has 1 N–H and O–H groups in total. The average Bonchev–Trinajstić information content (AvgIpc) is 2.62. The first kappa shape index (κ1) is 20.0. The highest BCUT2D eigenvalue weighted by atomic mass is 16.5. The Morgan fingerprint density at radius 1 is 1.28 bits per heavy atom. The Hall–Kier alpha value is -3.08. The summed E-state index contributed by atoms with van der Waals surface area (Å²) in [7, 11) is 1.51. The smallest absolute Gasteiger partial charge is 0.325 e. The quantitative estimate of drug-likeness (QED) is 0.660. The molecule has 0 aliphatic rings. The van der Waals surface area contributed by atoms with E-state index in [9.17, 15) is 14.4 Å². The second-order valence-electron chi connectivity index (χ2n) is 5.00. The largest absolute Gasteiger partial charge is 0.493 e. The molecule has 1 aromatic carbocycles. The third kappa shape index (κ3) is 6.91. The van der Waals surface area contributed by atoms with Gasteiger partial charge in [0, 0.05) is 13.6 Å². The molecule has 0 spiro atoms. The van der Waals surface area contributed by atoms with Crippen molar-refractivity contribution in [3.63, 3.8) is 0 Å². The number of rotatable bonds is 9. The van der Waals surface area contributed by atoms with E-state index >= 15 is 0 Å². The minimum Gasteiger partial charge on any atom is -0.493 e. The molecule has 0 heterocycles. The first-order chi connectivity index (χ1) is 12.0. The third-order valence-electron chi connectivity index (χ3n) is 3.17. The Morgan fingerprint density at radius 2 is 2.00 bits per heavy atom. The van der Waals surface area contributed by atoms with Gasteiger partial charge >= 0.3 is 5.97 Å². The van der Waals surface area contributed by atoms with Gasteiger partial charge in [-0.05, 0) is 19.1 Å².